The molecule has 166 valence electrons. The summed E-state index contributed by atoms with van der Waals surface area (Å²) in [6, 6.07) is 27.4. The number of rotatable bonds is 6. The monoisotopic (exact) mass is 447 g/mol. The van der Waals surface area contributed by atoms with Crippen LogP contribution in [0, 0.1) is 11.5 Å². The van der Waals surface area contributed by atoms with Gasteiger partial charge in [0.2, 0.25) is 5.88 Å². The topological polar surface area (TPSA) is 84.5 Å². The molecule has 0 radical (unpaired) electrons. The SMILES string of the molecule is COc1ccc(-c2c(NC#N)nc3c(-c4ccccc4)c(-c4ccccc4)nn3c2OC)cc1. The van der Waals surface area contributed by atoms with Crippen LogP contribution in [0.4, 0.5) is 5.82 Å². The van der Waals surface area contributed by atoms with Crippen molar-refractivity contribution in [2.24, 2.45) is 0 Å². The average Bonchev–Trinajstić information content (AvgIpc) is 3.28. The summed E-state index contributed by atoms with van der Waals surface area (Å²) in [4.78, 5) is 4.87. The van der Waals surface area contributed by atoms with Gasteiger partial charge in [-0.2, -0.15) is 14.9 Å². The fraction of sp³-hybridized carbons (Fsp3) is 0.0741. The predicted octanol–water partition coefficient (Wildman–Crippen LogP) is 5.64. The van der Waals surface area contributed by atoms with Crippen molar-refractivity contribution in [2.45, 2.75) is 0 Å². The second kappa shape index (κ2) is 8.96. The van der Waals surface area contributed by atoms with Crippen LogP contribution in [0.5, 0.6) is 11.6 Å². The standard InChI is InChI=1S/C27H21N5O2/c1-33-21-15-13-19(14-16-21)23-25(29-17-28)30-26-22(18-9-5-3-6-10-18)24(20-11-7-4-8-12-20)31-32(26)27(23)34-2/h3-16H,1-2H3,(H,29,30). The zero-order valence-corrected chi connectivity index (χ0v) is 18.7. The summed E-state index contributed by atoms with van der Waals surface area (Å²) in [7, 11) is 3.20. The zero-order valence-electron chi connectivity index (χ0n) is 18.7. The number of nitrogens with zero attached hydrogens (tertiary/aromatic N) is 4. The van der Waals surface area contributed by atoms with Crippen molar-refractivity contribution in [3.63, 3.8) is 0 Å². The number of benzene rings is 3. The summed E-state index contributed by atoms with van der Waals surface area (Å²) < 4.78 is 12.9. The van der Waals surface area contributed by atoms with Crippen molar-refractivity contribution in [1.82, 2.24) is 14.6 Å². The van der Waals surface area contributed by atoms with E-state index >= 15 is 0 Å². The molecular weight excluding hydrogens is 426 g/mol. The van der Waals surface area contributed by atoms with E-state index in [0.717, 1.165) is 33.7 Å². The number of nitriles is 1. The minimum absolute atomic E-state index is 0.383. The Labute approximate surface area is 196 Å². The first-order valence-electron chi connectivity index (χ1n) is 10.7. The first-order valence-corrected chi connectivity index (χ1v) is 10.7. The Morgan fingerprint density at radius 3 is 1.97 bits per heavy atom. The van der Waals surface area contributed by atoms with Crippen LogP contribution in [-0.4, -0.2) is 28.8 Å². The van der Waals surface area contributed by atoms with Gasteiger partial charge in [0.15, 0.2) is 17.7 Å². The number of methoxy groups -OCH3 is 2. The van der Waals surface area contributed by atoms with Gasteiger partial charge in [0, 0.05) is 5.56 Å². The van der Waals surface area contributed by atoms with E-state index in [1.807, 2.05) is 91.1 Å². The largest absolute Gasteiger partial charge is 0.497 e. The molecule has 2 heterocycles. The summed E-state index contributed by atoms with van der Waals surface area (Å²) in [5, 5.41) is 17.2. The van der Waals surface area contributed by atoms with Gasteiger partial charge < -0.3 is 9.47 Å². The molecule has 0 unspecified atom stereocenters. The number of fused-ring (bicyclic) bond motifs is 1. The van der Waals surface area contributed by atoms with Crippen molar-refractivity contribution in [2.75, 3.05) is 19.5 Å². The van der Waals surface area contributed by atoms with Crippen LogP contribution < -0.4 is 14.8 Å². The molecule has 34 heavy (non-hydrogen) atoms. The molecule has 0 spiro atoms. The second-order valence-corrected chi connectivity index (χ2v) is 7.50. The van der Waals surface area contributed by atoms with Crippen molar-refractivity contribution in [1.29, 1.82) is 5.26 Å². The Morgan fingerprint density at radius 1 is 0.765 bits per heavy atom. The number of hydrogen-bond donors (Lipinski definition) is 1. The van der Waals surface area contributed by atoms with Crippen LogP contribution in [-0.2, 0) is 0 Å². The molecule has 7 nitrogen and oxygen atoms in total. The van der Waals surface area contributed by atoms with Gasteiger partial charge in [-0.05, 0) is 23.3 Å². The Bertz CT molecular complexity index is 1490. The summed E-state index contributed by atoms with van der Waals surface area (Å²) in [5.74, 6) is 1.57. The van der Waals surface area contributed by atoms with Crippen LogP contribution in [0.1, 0.15) is 0 Å². The minimum Gasteiger partial charge on any atom is -0.497 e. The molecule has 3 aromatic carbocycles. The van der Waals surface area contributed by atoms with Crippen molar-refractivity contribution >= 4 is 11.5 Å². The normalized spacial score (nSPS) is 10.6. The van der Waals surface area contributed by atoms with E-state index in [1.165, 1.54) is 0 Å². The van der Waals surface area contributed by atoms with Gasteiger partial charge in [0.25, 0.3) is 0 Å². The van der Waals surface area contributed by atoms with Gasteiger partial charge in [-0.25, -0.2) is 4.98 Å². The molecule has 0 amide bonds. The van der Waals surface area contributed by atoms with Gasteiger partial charge in [-0.3, -0.25) is 5.32 Å². The molecule has 5 aromatic rings. The molecule has 0 saturated carbocycles. The highest BCUT2D eigenvalue weighted by molar-refractivity contribution is 5.93. The molecule has 1 N–H and O–H groups in total. The lowest BCUT2D eigenvalue weighted by Gasteiger charge is -2.14. The molecule has 0 aliphatic rings. The second-order valence-electron chi connectivity index (χ2n) is 7.50. The molecular formula is C27H21N5O2. The van der Waals surface area contributed by atoms with Crippen LogP contribution >= 0.6 is 0 Å². The fourth-order valence-corrected chi connectivity index (χ4v) is 4.04. The van der Waals surface area contributed by atoms with E-state index in [0.29, 0.717) is 22.9 Å². The van der Waals surface area contributed by atoms with Crippen LogP contribution in [0.15, 0.2) is 84.9 Å². The summed E-state index contributed by atoms with van der Waals surface area (Å²) in [6.07, 6.45) is 2.01. The number of aromatic nitrogens is 3. The van der Waals surface area contributed by atoms with Crippen LogP contribution in [0.25, 0.3) is 39.2 Å². The maximum atomic E-state index is 9.49. The van der Waals surface area contributed by atoms with Gasteiger partial charge in [0.1, 0.15) is 11.4 Å². The van der Waals surface area contributed by atoms with E-state index in [9.17, 15) is 5.26 Å². The average molecular weight is 447 g/mol. The maximum Gasteiger partial charge on any atom is 0.228 e. The van der Waals surface area contributed by atoms with Crippen LogP contribution in [0.2, 0.25) is 0 Å². The third-order valence-electron chi connectivity index (χ3n) is 5.58. The van der Waals surface area contributed by atoms with E-state index in [4.69, 9.17) is 19.6 Å². The van der Waals surface area contributed by atoms with E-state index in [2.05, 4.69) is 5.32 Å². The Morgan fingerprint density at radius 2 is 1.38 bits per heavy atom. The minimum atomic E-state index is 0.383. The molecule has 0 bridgehead atoms. The molecule has 7 heteroatoms. The highest BCUT2D eigenvalue weighted by Gasteiger charge is 2.25. The lowest BCUT2D eigenvalue weighted by molar-refractivity contribution is 0.387. The molecule has 0 aliphatic heterocycles. The molecule has 0 aliphatic carbocycles. The highest BCUT2D eigenvalue weighted by atomic mass is 16.5. The first-order chi connectivity index (χ1) is 16.7. The lowest BCUT2D eigenvalue weighted by Crippen LogP contribution is -2.05. The van der Waals surface area contributed by atoms with Crippen molar-refractivity contribution in [3.8, 4) is 51.3 Å². The number of ether oxygens (including phenoxy) is 2. The van der Waals surface area contributed by atoms with E-state index in [-0.39, 0.29) is 0 Å². The first kappa shape index (κ1) is 21.0. The van der Waals surface area contributed by atoms with E-state index in [1.54, 1.807) is 18.7 Å². The van der Waals surface area contributed by atoms with Gasteiger partial charge in [-0.1, -0.05) is 72.8 Å². The van der Waals surface area contributed by atoms with Gasteiger partial charge in [-0.15, -0.1) is 0 Å². The molecule has 0 saturated heterocycles. The highest BCUT2D eigenvalue weighted by Crippen LogP contribution is 2.42. The Balaban J connectivity index is 1.87. The number of nitrogens with one attached hydrogen (secondary N) is 1. The molecule has 0 fully saturated rings. The molecule has 0 atom stereocenters. The maximum absolute atomic E-state index is 9.49. The van der Waals surface area contributed by atoms with Crippen molar-refractivity contribution in [3.05, 3.63) is 84.9 Å². The zero-order chi connectivity index (χ0) is 23.5. The fourth-order valence-electron chi connectivity index (χ4n) is 4.04. The predicted molar refractivity (Wildman–Crippen MR) is 132 cm³/mol. The summed E-state index contributed by atoms with van der Waals surface area (Å²) >= 11 is 0. The molecule has 5 rings (SSSR count). The van der Waals surface area contributed by atoms with Gasteiger partial charge in [0.05, 0.1) is 25.3 Å². The lowest BCUT2D eigenvalue weighted by atomic mass is 10.0. The summed E-state index contributed by atoms with van der Waals surface area (Å²) in [5.41, 5.74) is 5.56. The van der Waals surface area contributed by atoms with Gasteiger partial charge >= 0.3 is 0 Å². The Kier molecular flexibility index (Phi) is 5.55. The summed E-state index contributed by atoms with van der Waals surface area (Å²) in [6.45, 7) is 0. The number of anilines is 1. The van der Waals surface area contributed by atoms with Crippen molar-refractivity contribution < 1.29 is 9.47 Å². The van der Waals surface area contributed by atoms with E-state index < -0.39 is 0 Å². The molecule has 2 aromatic heterocycles. The number of hydrogen-bond acceptors (Lipinski definition) is 6. The van der Waals surface area contributed by atoms with Crippen LogP contribution in [0.3, 0.4) is 0 Å². The third-order valence-corrected chi connectivity index (χ3v) is 5.58. The quantitative estimate of drug-likeness (QED) is 0.268. The Hall–Kier alpha value is -4.83. The smallest absolute Gasteiger partial charge is 0.228 e. The third kappa shape index (κ3) is 3.57.